The molecule has 0 aromatic carbocycles. The number of ketones is 1. The van der Waals surface area contributed by atoms with E-state index in [1.54, 1.807) is 11.3 Å². The van der Waals surface area contributed by atoms with Crippen LogP contribution in [0, 0.1) is 6.92 Å². The molecule has 0 unspecified atom stereocenters. The Hall–Kier alpha value is -0.670. The van der Waals surface area contributed by atoms with Crippen molar-refractivity contribution in [2.24, 2.45) is 0 Å². The number of aryl methyl sites for hydroxylation is 1. The molecule has 2 nitrogen and oxygen atoms in total. The van der Waals surface area contributed by atoms with E-state index in [1.807, 2.05) is 19.1 Å². The molecule has 1 saturated carbocycles. The van der Waals surface area contributed by atoms with E-state index >= 15 is 0 Å². The molecule has 1 aliphatic carbocycles. The Morgan fingerprint density at radius 3 is 2.59 bits per heavy atom. The molecular formula is C14H20O2S. The van der Waals surface area contributed by atoms with Gasteiger partial charge in [-0.1, -0.05) is 25.7 Å². The molecular weight excluding hydrogens is 232 g/mol. The highest BCUT2D eigenvalue weighted by Crippen LogP contribution is 2.21. The van der Waals surface area contributed by atoms with Crippen LogP contribution in [-0.4, -0.2) is 18.5 Å². The van der Waals surface area contributed by atoms with Gasteiger partial charge in [0.05, 0.1) is 11.0 Å². The fourth-order valence-corrected chi connectivity index (χ4v) is 3.05. The van der Waals surface area contributed by atoms with Gasteiger partial charge in [0.1, 0.15) is 6.61 Å². The van der Waals surface area contributed by atoms with Crippen molar-refractivity contribution >= 4 is 17.1 Å². The van der Waals surface area contributed by atoms with Crippen molar-refractivity contribution in [1.29, 1.82) is 0 Å². The molecule has 1 fully saturated rings. The normalized spacial score (nSPS) is 17.9. The lowest BCUT2D eigenvalue weighted by Crippen LogP contribution is -2.17. The first kappa shape index (κ1) is 12.8. The van der Waals surface area contributed by atoms with Gasteiger partial charge in [0.15, 0.2) is 5.78 Å². The third kappa shape index (κ3) is 3.93. The van der Waals surface area contributed by atoms with E-state index in [0.717, 1.165) is 17.7 Å². The third-order valence-corrected chi connectivity index (χ3v) is 4.31. The number of rotatable bonds is 4. The lowest BCUT2D eigenvalue weighted by atomic mass is 10.1. The number of hydrogen-bond donors (Lipinski definition) is 0. The fraction of sp³-hybridized carbons (Fsp3) is 0.643. The Balaban J connectivity index is 1.79. The van der Waals surface area contributed by atoms with Gasteiger partial charge in [0.25, 0.3) is 0 Å². The van der Waals surface area contributed by atoms with E-state index in [2.05, 4.69) is 0 Å². The lowest BCUT2D eigenvalue weighted by molar-refractivity contribution is 0.0391. The maximum atomic E-state index is 11.9. The van der Waals surface area contributed by atoms with Crippen molar-refractivity contribution in [2.75, 3.05) is 6.61 Å². The molecule has 0 amide bonds. The largest absolute Gasteiger partial charge is 0.370 e. The fourth-order valence-electron chi connectivity index (χ4n) is 2.26. The highest BCUT2D eigenvalue weighted by molar-refractivity contribution is 7.14. The Morgan fingerprint density at radius 2 is 2.00 bits per heavy atom. The van der Waals surface area contributed by atoms with Gasteiger partial charge < -0.3 is 4.74 Å². The van der Waals surface area contributed by atoms with Gasteiger partial charge in [0, 0.05) is 4.88 Å². The smallest absolute Gasteiger partial charge is 0.198 e. The molecule has 1 aromatic heterocycles. The van der Waals surface area contributed by atoms with E-state index in [1.165, 1.54) is 30.6 Å². The van der Waals surface area contributed by atoms with Gasteiger partial charge in [-0.25, -0.2) is 0 Å². The summed E-state index contributed by atoms with van der Waals surface area (Å²) in [4.78, 5) is 13.9. The van der Waals surface area contributed by atoms with Crippen LogP contribution in [0.2, 0.25) is 0 Å². The van der Waals surface area contributed by atoms with E-state index in [-0.39, 0.29) is 12.4 Å². The molecule has 0 bridgehead atoms. The quantitative estimate of drug-likeness (QED) is 0.598. The number of carbonyl (C=O) groups excluding carboxylic acids is 1. The van der Waals surface area contributed by atoms with Gasteiger partial charge in [-0.15, -0.1) is 11.3 Å². The van der Waals surface area contributed by atoms with Crippen LogP contribution in [0.3, 0.4) is 0 Å². The van der Waals surface area contributed by atoms with Crippen LogP contribution in [0.4, 0.5) is 0 Å². The van der Waals surface area contributed by atoms with E-state index in [4.69, 9.17) is 4.74 Å². The Morgan fingerprint density at radius 1 is 1.29 bits per heavy atom. The monoisotopic (exact) mass is 252 g/mol. The average molecular weight is 252 g/mol. The molecule has 0 radical (unpaired) electrons. The van der Waals surface area contributed by atoms with Crippen LogP contribution in [0.5, 0.6) is 0 Å². The molecule has 1 heterocycles. The molecule has 2 rings (SSSR count). The Bertz CT molecular complexity index is 362. The van der Waals surface area contributed by atoms with Crippen LogP contribution in [0.25, 0.3) is 0 Å². The van der Waals surface area contributed by atoms with Gasteiger partial charge in [0.2, 0.25) is 0 Å². The van der Waals surface area contributed by atoms with Gasteiger partial charge in [-0.05, 0) is 31.9 Å². The summed E-state index contributed by atoms with van der Waals surface area (Å²) >= 11 is 1.56. The summed E-state index contributed by atoms with van der Waals surface area (Å²) in [6, 6.07) is 3.89. The van der Waals surface area contributed by atoms with Crippen LogP contribution >= 0.6 is 11.3 Å². The zero-order chi connectivity index (χ0) is 12.1. The number of Topliss-reactive ketones (excluding diaryl/α,β-unsaturated/α-hetero) is 1. The van der Waals surface area contributed by atoms with Gasteiger partial charge >= 0.3 is 0 Å². The van der Waals surface area contributed by atoms with E-state index in [9.17, 15) is 4.79 Å². The summed E-state index contributed by atoms with van der Waals surface area (Å²) < 4.78 is 5.75. The Kier molecular flexibility index (Phi) is 4.75. The van der Waals surface area contributed by atoms with Crippen molar-refractivity contribution in [3.63, 3.8) is 0 Å². The first-order valence-corrected chi connectivity index (χ1v) is 7.28. The topological polar surface area (TPSA) is 26.3 Å². The molecule has 94 valence electrons. The molecule has 17 heavy (non-hydrogen) atoms. The Labute approximate surface area is 107 Å². The van der Waals surface area contributed by atoms with Crippen molar-refractivity contribution < 1.29 is 9.53 Å². The standard InChI is InChI=1S/C14H20O2S/c1-11-8-9-14(17-11)13(15)10-16-12-6-4-2-3-5-7-12/h8-9,12H,2-7,10H2,1H3. The minimum Gasteiger partial charge on any atom is -0.370 e. The van der Waals surface area contributed by atoms with Crippen molar-refractivity contribution in [3.05, 3.63) is 21.9 Å². The molecule has 0 saturated heterocycles. The summed E-state index contributed by atoms with van der Waals surface area (Å²) in [5, 5.41) is 0. The van der Waals surface area contributed by atoms with Crippen molar-refractivity contribution in [1.82, 2.24) is 0 Å². The van der Waals surface area contributed by atoms with Crippen LogP contribution < -0.4 is 0 Å². The summed E-state index contributed by atoms with van der Waals surface area (Å²) in [6.07, 6.45) is 7.68. The van der Waals surface area contributed by atoms with Crippen LogP contribution in [0.15, 0.2) is 12.1 Å². The van der Waals surface area contributed by atoms with Crippen molar-refractivity contribution in [2.45, 2.75) is 51.6 Å². The van der Waals surface area contributed by atoms with E-state index in [0.29, 0.717) is 6.10 Å². The van der Waals surface area contributed by atoms with Crippen LogP contribution in [0.1, 0.15) is 53.1 Å². The number of hydrogen-bond acceptors (Lipinski definition) is 3. The first-order valence-electron chi connectivity index (χ1n) is 6.47. The minimum absolute atomic E-state index is 0.132. The van der Waals surface area contributed by atoms with Crippen molar-refractivity contribution in [3.8, 4) is 0 Å². The highest BCUT2D eigenvalue weighted by atomic mass is 32.1. The minimum atomic E-state index is 0.132. The molecule has 0 N–H and O–H groups in total. The molecule has 0 spiro atoms. The predicted molar refractivity (Wildman–Crippen MR) is 70.8 cm³/mol. The summed E-state index contributed by atoms with van der Waals surface area (Å²) in [5.74, 6) is 0.132. The first-order chi connectivity index (χ1) is 8.25. The van der Waals surface area contributed by atoms with Gasteiger partial charge in [-0.3, -0.25) is 4.79 Å². The SMILES string of the molecule is Cc1ccc(C(=O)COC2CCCCCC2)s1. The summed E-state index contributed by atoms with van der Waals surface area (Å²) in [7, 11) is 0. The average Bonchev–Trinajstić information content (AvgIpc) is 2.61. The molecule has 0 aliphatic heterocycles. The molecule has 1 aliphatic rings. The number of ether oxygens (including phenoxy) is 1. The molecule has 0 atom stereocenters. The number of thiophene rings is 1. The second-order valence-corrected chi connectivity index (χ2v) is 6.05. The lowest BCUT2D eigenvalue weighted by Gasteiger charge is -2.14. The highest BCUT2D eigenvalue weighted by Gasteiger charge is 2.15. The van der Waals surface area contributed by atoms with E-state index < -0.39 is 0 Å². The molecule has 3 heteroatoms. The second-order valence-electron chi connectivity index (χ2n) is 4.76. The predicted octanol–water partition coefficient (Wildman–Crippen LogP) is 3.98. The second kappa shape index (κ2) is 6.31. The maximum Gasteiger partial charge on any atom is 0.198 e. The maximum absolute atomic E-state index is 11.9. The van der Waals surface area contributed by atoms with Crippen LogP contribution in [-0.2, 0) is 4.74 Å². The zero-order valence-electron chi connectivity index (χ0n) is 10.4. The third-order valence-electron chi connectivity index (χ3n) is 3.27. The van der Waals surface area contributed by atoms with Gasteiger partial charge in [-0.2, -0.15) is 0 Å². The zero-order valence-corrected chi connectivity index (χ0v) is 11.2. The summed E-state index contributed by atoms with van der Waals surface area (Å²) in [5.41, 5.74) is 0. The number of carbonyl (C=O) groups is 1. The molecule has 1 aromatic rings. The summed E-state index contributed by atoms with van der Waals surface area (Å²) in [6.45, 7) is 2.28.